The van der Waals surface area contributed by atoms with E-state index in [0.29, 0.717) is 5.71 Å². The van der Waals surface area contributed by atoms with Crippen LogP contribution in [0, 0.1) is 11.8 Å². The van der Waals surface area contributed by atoms with Crippen LogP contribution in [0.15, 0.2) is 52.2 Å². The molecule has 26 heavy (non-hydrogen) atoms. The third-order valence-electron chi connectivity index (χ3n) is 4.35. The molecule has 1 rings (SSSR count). The largest absolute Gasteiger partial charge is 0.431 e. The molecular formula is C19H24Cl2F3NO. The van der Waals surface area contributed by atoms with E-state index in [2.05, 4.69) is 11.7 Å². The zero-order chi connectivity index (χ0) is 20.1. The van der Waals surface area contributed by atoms with Gasteiger partial charge in [0.05, 0.1) is 5.71 Å². The van der Waals surface area contributed by atoms with E-state index in [1.807, 2.05) is 13.0 Å². The topological polar surface area (TPSA) is 21.6 Å². The van der Waals surface area contributed by atoms with E-state index in [1.54, 1.807) is 26.0 Å². The van der Waals surface area contributed by atoms with Gasteiger partial charge in [0, 0.05) is 29.2 Å². The first-order valence-corrected chi connectivity index (χ1v) is 9.11. The monoisotopic (exact) mass is 409 g/mol. The highest BCUT2D eigenvalue weighted by Crippen LogP contribution is 2.47. The summed E-state index contributed by atoms with van der Waals surface area (Å²) in [4.78, 5) is 5.01. The first kappa shape index (κ1) is 22.8. The lowest BCUT2D eigenvalue weighted by Gasteiger charge is -2.33. The van der Waals surface area contributed by atoms with E-state index in [9.17, 15) is 13.2 Å². The number of hydrogen-bond donors (Lipinski definition) is 0. The molecule has 0 amide bonds. The van der Waals surface area contributed by atoms with E-state index in [-0.39, 0.29) is 23.3 Å². The van der Waals surface area contributed by atoms with Gasteiger partial charge >= 0.3 is 6.18 Å². The molecule has 0 aliphatic carbocycles. The molecule has 1 unspecified atom stereocenters. The lowest BCUT2D eigenvalue weighted by molar-refractivity contribution is -0.281. The molecule has 1 aliphatic rings. The molecule has 0 saturated heterocycles. The van der Waals surface area contributed by atoms with E-state index < -0.39 is 17.7 Å². The van der Waals surface area contributed by atoms with Gasteiger partial charge in [-0.1, -0.05) is 66.6 Å². The summed E-state index contributed by atoms with van der Waals surface area (Å²) in [6.07, 6.45) is 1.37. The van der Waals surface area contributed by atoms with Crippen LogP contribution in [0.3, 0.4) is 0 Å². The maximum absolute atomic E-state index is 13.9. The van der Waals surface area contributed by atoms with Crippen molar-refractivity contribution < 1.29 is 18.0 Å². The van der Waals surface area contributed by atoms with Crippen LogP contribution < -0.4 is 0 Å². The standard InChI is InChI=1S/C19H24Cl2F3NO/c1-6-12(2)7-14(4)17-10-18(26-25-17,19(22,23)24)15(5)9-16(21)8-13(3)11-20/h6-9,14-15H,1,10-11H2,2-5H3/b12-7-,13-8+,16-9+/t14-,15+,18?/m1/s1. The molecule has 0 spiro atoms. The van der Waals surface area contributed by atoms with Crippen molar-refractivity contribution in [3.63, 3.8) is 0 Å². The van der Waals surface area contributed by atoms with Crippen LogP contribution in [-0.2, 0) is 4.84 Å². The van der Waals surface area contributed by atoms with Crippen molar-refractivity contribution in [2.24, 2.45) is 17.0 Å². The summed E-state index contributed by atoms with van der Waals surface area (Å²) in [5, 5.41) is 3.94. The van der Waals surface area contributed by atoms with Crippen LogP contribution >= 0.6 is 23.2 Å². The molecule has 0 bridgehead atoms. The second kappa shape index (κ2) is 9.14. The summed E-state index contributed by atoms with van der Waals surface area (Å²) in [5.41, 5.74) is -0.478. The van der Waals surface area contributed by atoms with Crippen molar-refractivity contribution in [2.75, 3.05) is 5.88 Å². The van der Waals surface area contributed by atoms with Gasteiger partial charge in [0.2, 0.25) is 5.60 Å². The van der Waals surface area contributed by atoms with Gasteiger partial charge in [0.1, 0.15) is 0 Å². The lowest BCUT2D eigenvalue weighted by Crippen LogP contribution is -2.50. The highest BCUT2D eigenvalue weighted by atomic mass is 35.5. The first-order chi connectivity index (χ1) is 12.0. The summed E-state index contributed by atoms with van der Waals surface area (Å²) >= 11 is 11.7. The lowest BCUT2D eigenvalue weighted by atomic mass is 9.81. The van der Waals surface area contributed by atoms with Crippen molar-refractivity contribution in [1.29, 1.82) is 0 Å². The average Bonchev–Trinajstić information content (AvgIpc) is 3.01. The minimum atomic E-state index is -4.60. The van der Waals surface area contributed by atoms with Gasteiger partial charge in [0.15, 0.2) is 0 Å². The van der Waals surface area contributed by atoms with E-state index in [0.717, 1.165) is 11.1 Å². The molecule has 0 fully saturated rings. The van der Waals surface area contributed by atoms with Gasteiger partial charge in [-0.2, -0.15) is 13.2 Å². The van der Waals surface area contributed by atoms with Crippen LogP contribution in [-0.4, -0.2) is 23.4 Å². The maximum atomic E-state index is 13.9. The molecule has 0 N–H and O–H groups in total. The van der Waals surface area contributed by atoms with Crippen molar-refractivity contribution in [3.8, 4) is 0 Å². The van der Waals surface area contributed by atoms with Crippen molar-refractivity contribution >= 4 is 28.9 Å². The second-order valence-corrected chi connectivity index (χ2v) is 7.31. The number of hydrogen-bond acceptors (Lipinski definition) is 2. The highest BCUT2D eigenvalue weighted by molar-refractivity contribution is 6.31. The van der Waals surface area contributed by atoms with Crippen LogP contribution in [0.25, 0.3) is 0 Å². The van der Waals surface area contributed by atoms with E-state index >= 15 is 0 Å². The van der Waals surface area contributed by atoms with Crippen LogP contribution in [0.2, 0.25) is 0 Å². The SMILES string of the molecule is C=C/C(C)=C\[C@@H](C)C1=NOC([C@@H](C)/C=C(Cl)\C=C(/C)CCl)(C(F)(F)F)C1. The minimum Gasteiger partial charge on any atom is -0.379 e. The molecule has 0 aromatic carbocycles. The third-order valence-corrected chi connectivity index (χ3v) is 5.01. The number of nitrogens with zero attached hydrogens (tertiary/aromatic N) is 1. The Morgan fingerprint density at radius 1 is 1.35 bits per heavy atom. The number of oxime groups is 1. The second-order valence-electron chi connectivity index (χ2n) is 6.61. The third kappa shape index (κ3) is 5.40. The number of rotatable bonds is 7. The Hall–Kier alpha value is -1.20. The van der Waals surface area contributed by atoms with Crippen molar-refractivity contribution in [3.05, 3.63) is 47.1 Å². The number of allylic oxidation sites excluding steroid dienone is 6. The zero-order valence-electron chi connectivity index (χ0n) is 15.3. The summed E-state index contributed by atoms with van der Waals surface area (Å²) in [6, 6.07) is 0. The normalized spacial score (nSPS) is 24.8. The van der Waals surface area contributed by atoms with Gasteiger partial charge in [0.25, 0.3) is 0 Å². The Morgan fingerprint density at radius 2 is 1.96 bits per heavy atom. The fraction of sp³-hybridized carbons (Fsp3) is 0.526. The Bertz CT molecular complexity index is 650. The van der Waals surface area contributed by atoms with Gasteiger partial charge in [-0.25, -0.2) is 0 Å². The first-order valence-electron chi connectivity index (χ1n) is 8.19. The fourth-order valence-corrected chi connectivity index (χ4v) is 3.08. The predicted octanol–water partition coefficient (Wildman–Crippen LogP) is 6.78. The Labute approximate surface area is 163 Å². The van der Waals surface area contributed by atoms with Crippen molar-refractivity contribution in [1.82, 2.24) is 0 Å². The predicted molar refractivity (Wildman–Crippen MR) is 103 cm³/mol. The molecule has 7 heteroatoms. The molecule has 0 saturated carbocycles. The van der Waals surface area contributed by atoms with Gasteiger partial charge in [-0.15, -0.1) is 11.6 Å². The Morgan fingerprint density at radius 3 is 2.46 bits per heavy atom. The van der Waals surface area contributed by atoms with Gasteiger partial charge < -0.3 is 4.84 Å². The summed E-state index contributed by atoms with van der Waals surface area (Å²) in [5.74, 6) is -1.08. The molecule has 3 atom stereocenters. The molecule has 0 radical (unpaired) electrons. The quantitative estimate of drug-likeness (QED) is 0.335. The average molecular weight is 410 g/mol. The fourth-order valence-electron chi connectivity index (χ4n) is 2.63. The summed E-state index contributed by atoms with van der Waals surface area (Å²) in [6.45, 7) is 10.4. The van der Waals surface area contributed by atoms with Gasteiger partial charge in [-0.3, -0.25) is 0 Å². The van der Waals surface area contributed by atoms with Crippen LogP contribution in [0.5, 0.6) is 0 Å². The molecular weight excluding hydrogens is 386 g/mol. The molecule has 2 nitrogen and oxygen atoms in total. The van der Waals surface area contributed by atoms with Crippen LogP contribution in [0.4, 0.5) is 13.2 Å². The summed E-state index contributed by atoms with van der Waals surface area (Å²) in [7, 11) is 0. The molecule has 1 aliphatic heterocycles. The molecule has 0 aromatic rings. The molecule has 146 valence electrons. The smallest absolute Gasteiger partial charge is 0.379 e. The Balaban J connectivity index is 3.14. The zero-order valence-corrected chi connectivity index (χ0v) is 16.8. The minimum absolute atomic E-state index is 0.187. The van der Waals surface area contributed by atoms with E-state index in [4.69, 9.17) is 28.0 Å². The van der Waals surface area contributed by atoms with Gasteiger partial charge in [-0.05, 0) is 19.9 Å². The highest BCUT2D eigenvalue weighted by Gasteiger charge is 2.63. The Kier molecular flexibility index (Phi) is 8.03. The van der Waals surface area contributed by atoms with E-state index in [1.165, 1.54) is 13.0 Å². The number of halogens is 5. The summed E-state index contributed by atoms with van der Waals surface area (Å²) < 4.78 is 41.6. The molecule has 1 heterocycles. The number of alkyl halides is 4. The van der Waals surface area contributed by atoms with Crippen molar-refractivity contribution in [2.45, 2.75) is 45.9 Å². The van der Waals surface area contributed by atoms with Crippen LogP contribution in [0.1, 0.15) is 34.1 Å². The maximum Gasteiger partial charge on any atom is 0.431 e. The molecule has 0 aromatic heterocycles.